The van der Waals surface area contributed by atoms with E-state index in [1.165, 1.54) is 24.4 Å². The Labute approximate surface area is 108 Å². The first-order chi connectivity index (χ1) is 8.08. The average Bonchev–Trinajstić information content (AvgIpc) is 2.30. The lowest BCUT2D eigenvalue weighted by Crippen LogP contribution is -2.10. The molecule has 17 heavy (non-hydrogen) atoms. The molecule has 88 valence electrons. The lowest BCUT2D eigenvalue weighted by atomic mass is 10.4. The molecule has 1 aromatic carbocycles. The van der Waals surface area contributed by atoms with Gasteiger partial charge in [0.2, 0.25) is 5.88 Å². The van der Waals surface area contributed by atoms with E-state index in [0.29, 0.717) is 0 Å². The van der Waals surface area contributed by atoms with Crippen molar-refractivity contribution < 1.29 is 12.6 Å². The first-order valence-corrected chi connectivity index (χ1v) is 6.89. The van der Waals surface area contributed by atoms with E-state index >= 15 is 0 Å². The van der Waals surface area contributed by atoms with Gasteiger partial charge in [0.15, 0.2) is 0 Å². The average molecular weight is 314 g/mol. The zero-order valence-electron chi connectivity index (χ0n) is 8.58. The van der Waals surface area contributed by atoms with E-state index in [1.807, 2.05) is 0 Å². The van der Waals surface area contributed by atoms with Crippen LogP contribution >= 0.6 is 15.9 Å². The minimum atomic E-state index is -3.81. The number of benzene rings is 1. The quantitative estimate of drug-likeness (QED) is 0.817. The molecule has 0 unspecified atom stereocenters. The number of pyridine rings is 1. The summed E-state index contributed by atoms with van der Waals surface area (Å²) in [5, 5.41) is 0. The normalized spacial score (nSPS) is 11.1. The topological polar surface area (TPSA) is 56.3 Å². The van der Waals surface area contributed by atoms with Gasteiger partial charge in [0, 0.05) is 16.7 Å². The largest absolute Gasteiger partial charge is 0.358 e. The highest BCUT2D eigenvalue weighted by Gasteiger charge is 2.16. The summed E-state index contributed by atoms with van der Waals surface area (Å²) in [6, 6.07) is 11.0. The second-order valence-corrected chi connectivity index (χ2v) is 5.62. The molecule has 0 amide bonds. The van der Waals surface area contributed by atoms with Gasteiger partial charge in [-0.2, -0.15) is 8.42 Å². The highest BCUT2D eigenvalue weighted by molar-refractivity contribution is 9.10. The summed E-state index contributed by atoms with van der Waals surface area (Å²) in [6.07, 6.45) is 1.46. The van der Waals surface area contributed by atoms with Crippen molar-refractivity contribution in [1.29, 1.82) is 0 Å². The molecule has 0 aliphatic rings. The van der Waals surface area contributed by atoms with Crippen LogP contribution in [-0.2, 0) is 10.1 Å². The molecule has 0 atom stereocenters. The van der Waals surface area contributed by atoms with Crippen LogP contribution in [0.3, 0.4) is 0 Å². The predicted molar refractivity (Wildman–Crippen MR) is 66.2 cm³/mol. The van der Waals surface area contributed by atoms with E-state index in [1.54, 1.807) is 24.3 Å². The number of hydrogen-bond donors (Lipinski definition) is 0. The lowest BCUT2D eigenvalue weighted by molar-refractivity contribution is 0.476. The molecule has 6 heteroatoms. The second-order valence-electron chi connectivity index (χ2n) is 3.16. The van der Waals surface area contributed by atoms with Crippen LogP contribution in [0.4, 0.5) is 0 Å². The van der Waals surface area contributed by atoms with Crippen molar-refractivity contribution >= 4 is 26.0 Å². The van der Waals surface area contributed by atoms with Crippen LogP contribution in [-0.4, -0.2) is 13.4 Å². The predicted octanol–water partition coefficient (Wildman–Crippen LogP) is 2.61. The summed E-state index contributed by atoms with van der Waals surface area (Å²) >= 11 is 3.23. The summed E-state index contributed by atoms with van der Waals surface area (Å²) in [5.74, 6) is 0.0513. The monoisotopic (exact) mass is 313 g/mol. The van der Waals surface area contributed by atoms with Crippen molar-refractivity contribution in [2.45, 2.75) is 4.90 Å². The Kier molecular flexibility index (Phi) is 3.44. The van der Waals surface area contributed by atoms with Gasteiger partial charge in [0.05, 0.1) is 0 Å². The molecule has 0 spiro atoms. The molecular weight excluding hydrogens is 306 g/mol. The Balaban J connectivity index is 2.29. The molecule has 0 fully saturated rings. The number of hydrogen-bond acceptors (Lipinski definition) is 4. The fraction of sp³-hybridized carbons (Fsp3) is 0. The third-order valence-corrected chi connectivity index (χ3v) is 3.70. The smallest absolute Gasteiger partial charge is 0.340 e. The molecular formula is C11H8BrNO3S. The third kappa shape index (κ3) is 3.04. The van der Waals surface area contributed by atoms with Gasteiger partial charge in [-0.3, -0.25) is 0 Å². The lowest BCUT2D eigenvalue weighted by Gasteiger charge is -2.05. The number of rotatable bonds is 3. The minimum Gasteiger partial charge on any atom is -0.358 e. The maximum atomic E-state index is 11.8. The number of aromatic nitrogens is 1. The maximum Gasteiger partial charge on any atom is 0.340 e. The Bertz CT molecular complexity index is 596. The molecule has 0 aliphatic carbocycles. The summed E-state index contributed by atoms with van der Waals surface area (Å²) < 4.78 is 29.3. The van der Waals surface area contributed by atoms with Gasteiger partial charge in [-0.15, -0.1) is 0 Å². The van der Waals surface area contributed by atoms with Crippen LogP contribution in [0.15, 0.2) is 58.0 Å². The minimum absolute atomic E-state index is 0.0513. The van der Waals surface area contributed by atoms with E-state index in [2.05, 4.69) is 20.9 Å². The summed E-state index contributed by atoms with van der Waals surface area (Å²) in [4.78, 5) is 3.89. The summed E-state index contributed by atoms with van der Waals surface area (Å²) in [7, 11) is -3.81. The molecule has 4 nitrogen and oxygen atoms in total. The van der Waals surface area contributed by atoms with Gasteiger partial charge in [-0.1, -0.05) is 22.0 Å². The highest BCUT2D eigenvalue weighted by Crippen LogP contribution is 2.18. The van der Waals surface area contributed by atoms with Crippen molar-refractivity contribution in [3.05, 3.63) is 53.1 Å². The van der Waals surface area contributed by atoms with Gasteiger partial charge < -0.3 is 4.18 Å². The molecule has 0 saturated heterocycles. The molecule has 0 saturated carbocycles. The van der Waals surface area contributed by atoms with Crippen LogP contribution in [0.1, 0.15) is 0 Å². The number of halogens is 1. The van der Waals surface area contributed by atoms with E-state index in [0.717, 1.165) is 4.47 Å². The zero-order chi connectivity index (χ0) is 12.3. The Morgan fingerprint density at radius 1 is 1.06 bits per heavy atom. The van der Waals surface area contributed by atoms with Gasteiger partial charge in [-0.05, 0) is 30.3 Å². The van der Waals surface area contributed by atoms with Crippen LogP contribution < -0.4 is 4.18 Å². The molecule has 0 radical (unpaired) electrons. The van der Waals surface area contributed by atoms with Crippen molar-refractivity contribution in [3.63, 3.8) is 0 Å². The van der Waals surface area contributed by atoms with Gasteiger partial charge in [0.25, 0.3) is 0 Å². The second kappa shape index (κ2) is 4.85. The standard InChI is InChI=1S/C11H8BrNO3S/c12-9-4-6-10(7-5-9)17(14,15)16-11-3-1-2-8-13-11/h1-8H. The van der Waals surface area contributed by atoms with E-state index in [9.17, 15) is 8.42 Å². The van der Waals surface area contributed by atoms with Crippen molar-refractivity contribution in [3.8, 4) is 5.88 Å². The first-order valence-electron chi connectivity index (χ1n) is 4.69. The molecule has 2 rings (SSSR count). The fourth-order valence-corrected chi connectivity index (χ4v) is 2.31. The summed E-state index contributed by atoms with van der Waals surface area (Å²) in [5.41, 5.74) is 0. The zero-order valence-corrected chi connectivity index (χ0v) is 11.0. The van der Waals surface area contributed by atoms with Crippen molar-refractivity contribution in [2.75, 3.05) is 0 Å². The van der Waals surface area contributed by atoms with E-state index < -0.39 is 10.1 Å². The Morgan fingerprint density at radius 3 is 2.35 bits per heavy atom. The molecule has 0 bridgehead atoms. The first kappa shape index (κ1) is 12.1. The molecule has 1 heterocycles. The van der Waals surface area contributed by atoms with E-state index in [-0.39, 0.29) is 10.8 Å². The number of nitrogens with zero attached hydrogens (tertiary/aromatic N) is 1. The highest BCUT2D eigenvalue weighted by atomic mass is 79.9. The van der Waals surface area contributed by atoms with Crippen LogP contribution in [0.2, 0.25) is 0 Å². The molecule has 0 aliphatic heterocycles. The van der Waals surface area contributed by atoms with Crippen LogP contribution in [0.25, 0.3) is 0 Å². The third-order valence-electron chi connectivity index (χ3n) is 1.94. The molecule has 0 N–H and O–H groups in total. The van der Waals surface area contributed by atoms with Crippen LogP contribution in [0.5, 0.6) is 5.88 Å². The van der Waals surface area contributed by atoms with Crippen molar-refractivity contribution in [1.82, 2.24) is 4.98 Å². The molecule has 2 aromatic rings. The van der Waals surface area contributed by atoms with Gasteiger partial charge in [0.1, 0.15) is 4.90 Å². The molecule has 1 aromatic heterocycles. The maximum absolute atomic E-state index is 11.8. The van der Waals surface area contributed by atoms with Gasteiger partial charge in [-0.25, -0.2) is 4.98 Å². The van der Waals surface area contributed by atoms with Crippen molar-refractivity contribution in [2.24, 2.45) is 0 Å². The van der Waals surface area contributed by atoms with Gasteiger partial charge >= 0.3 is 10.1 Å². The fourth-order valence-electron chi connectivity index (χ4n) is 1.16. The van der Waals surface area contributed by atoms with Crippen LogP contribution in [0, 0.1) is 0 Å². The SMILES string of the molecule is O=S(=O)(Oc1ccccn1)c1ccc(Br)cc1. The Morgan fingerprint density at radius 2 is 1.76 bits per heavy atom. The van der Waals surface area contributed by atoms with E-state index in [4.69, 9.17) is 4.18 Å². The Hall–Kier alpha value is -1.40. The summed E-state index contributed by atoms with van der Waals surface area (Å²) in [6.45, 7) is 0.